The Morgan fingerprint density at radius 2 is 1.96 bits per heavy atom. The molecular weight excluding hydrogens is 344 g/mol. The topological polar surface area (TPSA) is 49.7 Å². The van der Waals surface area contributed by atoms with E-state index in [1.54, 1.807) is 17.2 Å². The fraction of sp³-hybridized carbons (Fsp3) is 0.222. The highest BCUT2D eigenvalue weighted by atomic mass is 35.5. The van der Waals surface area contributed by atoms with E-state index in [1.165, 1.54) is 0 Å². The minimum Gasteiger partial charge on any atom is -0.309 e. The van der Waals surface area contributed by atoms with Gasteiger partial charge in [0, 0.05) is 45.5 Å². The van der Waals surface area contributed by atoms with Crippen molar-refractivity contribution in [3.8, 4) is 0 Å². The van der Waals surface area contributed by atoms with Crippen molar-refractivity contribution in [1.29, 1.82) is 0 Å². The monoisotopic (exact) mass is 360 g/mol. The van der Waals surface area contributed by atoms with Crippen molar-refractivity contribution in [3.63, 3.8) is 0 Å². The second-order valence-electron chi connectivity index (χ2n) is 5.52. The number of benzodiazepines with no additional fused rings is 1. The molecule has 1 aliphatic rings. The molecule has 1 heterocycles. The van der Waals surface area contributed by atoms with E-state index in [9.17, 15) is 9.00 Å². The number of halogens is 1. The zero-order valence-corrected chi connectivity index (χ0v) is 14.8. The van der Waals surface area contributed by atoms with E-state index in [-0.39, 0.29) is 12.5 Å². The van der Waals surface area contributed by atoms with Crippen molar-refractivity contribution >= 4 is 39.7 Å². The van der Waals surface area contributed by atoms with Crippen LogP contribution in [0.4, 0.5) is 5.69 Å². The van der Waals surface area contributed by atoms with Gasteiger partial charge in [-0.05, 0) is 18.2 Å². The van der Waals surface area contributed by atoms with Crippen LogP contribution in [0.25, 0.3) is 0 Å². The van der Waals surface area contributed by atoms with Crippen LogP contribution in [0, 0.1) is 0 Å². The first-order valence-corrected chi connectivity index (χ1v) is 9.67. The van der Waals surface area contributed by atoms with Crippen molar-refractivity contribution in [2.45, 2.75) is 0 Å². The normalized spacial score (nSPS) is 15.5. The van der Waals surface area contributed by atoms with Crippen LogP contribution in [0.3, 0.4) is 0 Å². The molecule has 24 heavy (non-hydrogen) atoms. The van der Waals surface area contributed by atoms with Gasteiger partial charge in [0.15, 0.2) is 0 Å². The molecule has 1 atom stereocenters. The van der Waals surface area contributed by atoms with Crippen LogP contribution in [-0.4, -0.2) is 40.9 Å². The minimum absolute atomic E-state index is 0.0624. The Bertz CT molecular complexity index is 821. The number of hydrogen-bond acceptors (Lipinski definition) is 3. The van der Waals surface area contributed by atoms with E-state index < -0.39 is 10.8 Å². The summed E-state index contributed by atoms with van der Waals surface area (Å²) >= 11 is 6.19. The summed E-state index contributed by atoms with van der Waals surface area (Å²) in [6, 6.07) is 15.2. The number of hydrogen-bond donors (Lipinski definition) is 0. The highest BCUT2D eigenvalue weighted by molar-refractivity contribution is 7.84. The third-order valence-corrected chi connectivity index (χ3v) is 4.82. The largest absolute Gasteiger partial charge is 0.309 e. The lowest BCUT2D eigenvalue weighted by molar-refractivity contribution is -0.117. The van der Waals surface area contributed by atoms with Crippen molar-refractivity contribution in [2.75, 3.05) is 30.0 Å². The van der Waals surface area contributed by atoms with Crippen LogP contribution < -0.4 is 4.90 Å². The first-order chi connectivity index (χ1) is 11.6. The molecule has 2 aromatic rings. The van der Waals surface area contributed by atoms with Crippen LogP contribution >= 0.6 is 11.6 Å². The van der Waals surface area contributed by atoms with Gasteiger partial charge in [-0.1, -0.05) is 41.9 Å². The van der Waals surface area contributed by atoms with Gasteiger partial charge in [-0.25, -0.2) is 0 Å². The SMILES string of the molecule is CS(=O)CCN1C(=O)CN=C(c2ccccc2)c2cc(Cl)ccc21. The summed E-state index contributed by atoms with van der Waals surface area (Å²) in [7, 11) is -0.971. The Labute approximate surface area is 148 Å². The van der Waals surface area contributed by atoms with Gasteiger partial charge in [-0.2, -0.15) is 0 Å². The number of nitrogens with zero attached hydrogens (tertiary/aromatic N) is 2. The number of rotatable bonds is 4. The van der Waals surface area contributed by atoms with Crippen LogP contribution in [0.1, 0.15) is 11.1 Å². The number of aliphatic imine (C=N–C) groups is 1. The third-order valence-electron chi connectivity index (χ3n) is 3.83. The van der Waals surface area contributed by atoms with Crippen molar-refractivity contribution in [1.82, 2.24) is 0 Å². The predicted molar refractivity (Wildman–Crippen MR) is 99.7 cm³/mol. The lowest BCUT2D eigenvalue weighted by Crippen LogP contribution is -2.35. The minimum atomic E-state index is -0.971. The van der Waals surface area contributed by atoms with E-state index in [4.69, 9.17) is 11.6 Å². The Morgan fingerprint density at radius 3 is 2.67 bits per heavy atom. The van der Waals surface area contributed by atoms with Crippen LogP contribution in [0.2, 0.25) is 5.02 Å². The molecule has 0 saturated heterocycles. The molecule has 1 aliphatic heterocycles. The van der Waals surface area contributed by atoms with E-state index in [0.717, 1.165) is 22.5 Å². The van der Waals surface area contributed by atoms with Gasteiger partial charge >= 0.3 is 0 Å². The highest BCUT2D eigenvalue weighted by Gasteiger charge is 2.25. The molecule has 0 bridgehead atoms. The molecule has 0 radical (unpaired) electrons. The number of benzene rings is 2. The van der Waals surface area contributed by atoms with E-state index in [1.807, 2.05) is 42.5 Å². The molecule has 0 spiro atoms. The standard InChI is InChI=1S/C18H17ClN2O2S/c1-24(23)10-9-21-16-8-7-14(19)11-15(16)18(20-12-17(21)22)13-5-3-2-4-6-13/h2-8,11H,9-10,12H2,1H3. The summed E-state index contributed by atoms with van der Waals surface area (Å²) in [6.45, 7) is 0.459. The molecule has 0 aromatic heterocycles. The predicted octanol–water partition coefficient (Wildman–Crippen LogP) is 2.90. The zero-order valence-electron chi connectivity index (χ0n) is 13.2. The van der Waals surface area contributed by atoms with Crippen molar-refractivity contribution in [2.24, 2.45) is 4.99 Å². The smallest absolute Gasteiger partial charge is 0.248 e. The number of amides is 1. The van der Waals surface area contributed by atoms with Gasteiger partial charge in [-0.15, -0.1) is 0 Å². The lowest BCUT2D eigenvalue weighted by Gasteiger charge is -2.23. The van der Waals surface area contributed by atoms with Crippen molar-refractivity contribution in [3.05, 3.63) is 64.7 Å². The van der Waals surface area contributed by atoms with Crippen LogP contribution in [0.15, 0.2) is 53.5 Å². The average molecular weight is 361 g/mol. The zero-order chi connectivity index (χ0) is 17.1. The Kier molecular flexibility index (Phi) is 5.11. The van der Waals surface area contributed by atoms with Gasteiger partial charge in [-0.3, -0.25) is 14.0 Å². The maximum atomic E-state index is 12.5. The molecule has 4 nitrogen and oxygen atoms in total. The average Bonchev–Trinajstić information content (AvgIpc) is 2.70. The Hall–Kier alpha value is -1.98. The molecule has 0 aliphatic carbocycles. The van der Waals surface area contributed by atoms with Gasteiger partial charge in [0.05, 0.1) is 11.4 Å². The molecule has 0 saturated carbocycles. The first-order valence-electron chi connectivity index (χ1n) is 7.56. The molecule has 3 rings (SSSR count). The van der Waals surface area contributed by atoms with Gasteiger partial charge < -0.3 is 4.90 Å². The van der Waals surface area contributed by atoms with E-state index >= 15 is 0 Å². The van der Waals surface area contributed by atoms with Gasteiger partial charge in [0.2, 0.25) is 5.91 Å². The van der Waals surface area contributed by atoms with Gasteiger partial charge in [0.25, 0.3) is 0 Å². The number of fused-ring (bicyclic) bond motifs is 1. The maximum absolute atomic E-state index is 12.5. The lowest BCUT2D eigenvalue weighted by atomic mass is 10.0. The third kappa shape index (κ3) is 3.57. The summed E-state index contributed by atoms with van der Waals surface area (Å²) in [4.78, 5) is 18.7. The molecule has 1 amide bonds. The summed E-state index contributed by atoms with van der Waals surface area (Å²) in [5.74, 6) is 0.323. The number of carbonyl (C=O) groups excluding carboxylic acids is 1. The van der Waals surface area contributed by atoms with Crippen LogP contribution in [-0.2, 0) is 15.6 Å². The highest BCUT2D eigenvalue weighted by Crippen LogP contribution is 2.29. The summed E-state index contributed by atoms with van der Waals surface area (Å²) < 4.78 is 11.5. The summed E-state index contributed by atoms with van der Waals surface area (Å²) in [5.41, 5.74) is 3.27. The quantitative estimate of drug-likeness (QED) is 0.841. The molecule has 1 unspecified atom stereocenters. The maximum Gasteiger partial charge on any atom is 0.248 e. The fourth-order valence-corrected chi connectivity index (χ4v) is 3.30. The molecule has 2 aromatic carbocycles. The molecule has 0 N–H and O–H groups in total. The second kappa shape index (κ2) is 7.28. The Balaban J connectivity index is 2.10. The van der Waals surface area contributed by atoms with Crippen LogP contribution in [0.5, 0.6) is 0 Å². The molecular formula is C18H17ClN2O2S. The second-order valence-corrected chi connectivity index (χ2v) is 7.51. The molecule has 124 valence electrons. The molecule has 0 fully saturated rings. The number of carbonyl (C=O) groups is 1. The number of anilines is 1. The summed E-state index contributed by atoms with van der Waals surface area (Å²) in [6.07, 6.45) is 1.64. The molecule has 6 heteroatoms. The van der Waals surface area contributed by atoms with E-state index in [2.05, 4.69) is 4.99 Å². The summed E-state index contributed by atoms with van der Waals surface area (Å²) in [5, 5.41) is 0.589. The van der Waals surface area contributed by atoms with Crippen molar-refractivity contribution < 1.29 is 9.00 Å². The fourth-order valence-electron chi connectivity index (χ4n) is 2.69. The van der Waals surface area contributed by atoms with Gasteiger partial charge in [0.1, 0.15) is 6.54 Å². The Morgan fingerprint density at radius 1 is 1.21 bits per heavy atom. The van der Waals surface area contributed by atoms with E-state index in [0.29, 0.717) is 17.3 Å². The first kappa shape index (κ1) is 16.9.